The lowest BCUT2D eigenvalue weighted by atomic mass is 10.2. The number of sulfonamides is 1. The molecule has 3 rings (SSSR count). The molecule has 0 aliphatic heterocycles. The van der Waals surface area contributed by atoms with Gasteiger partial charge in [0.15, 0.2) is 0 Å². The van der Waals surface area contributed by atoms with Crippen molar-refractivity contribution in [3.8, 4) is 0 Å². The normalized spacial score (nSPS) is 17.0. The Labute approximate surface area is 133 Å². The summed E-state index contributed by atoms with van der Waals surface area (Å²) in [6.45, 7) is 2.62. The van der Waals surface area contributed by atoms with Gasteiger partial charge in [-0.3, -0.25) is 0 Å². The maximum atomic E-state index is 12.4. The van der Waals surface area contributed by atoms with Crippen LogP contribution in [0, 0.1) is 0 Å². The second-order valence-electron chi connectivity index (χ2n) is 5.30. The second kappa shape index (κ2) is 6.18. The van der Waals surface area contributed by atoms with Crippen LogP contribution in [0.5, 0.6) is 0 Å². The Morgan fingerprint density at radius 2 is 2.19 bits per heavy atom. The lowest BCUT2D eigenvalue weighted by molar-refractivity contribution is 0.567. The Bertz CT molecular complexity index is 688. The summed E-state index contributed by atoms with van der Waals surface area (Å²) in [6, 6.07) is 4.12. The number of nitrogens with one attached hydrogen (secondary N) is 2. The molecule has 7 heteroatoms. The van der Waals surface area contributed by atoms with E-state index in [-0.39, 0.29) is 6.04 Å². The van der Waals surface area contributed by atoms with Gasteiger partial charge in [-0.2, -0.15) is 11.3 Å². The van der Waals surface area contributed by atoms with Crippen LogP contribution in [-0.2, 0) is 16.6 Å². The summed E-state index contributed by atoms with van der Waals surface area (Å²) in [6.07, 6.45) is 2.46. The third-order valence-electron chi connectivity index (χ3n) is 3.46. The van der Waals surface area contributed by atoms with Crippen LogP contribution in [0.15, 0.2) is 33.2 Å². The Hall–Kier alpha value is -0.730. The summed E-state index contributed by atoms with van der Waals surface area (Å²) < 4.78 is 27.5. The Kier molecular flexibility index (Phi) is 4.46. The molecule has 1 fully saturated rings. The van der Waals surface area contributed by atoms with Gasteiger partial charge in [0.2, 0.25) is 10.0 Å². The number of thiophene rings is 2. The summed E-state index contributed by atoms with van der Waals surface area (Å²) in [5.74, 6) is 0. The first-order valence-corrected chi connectivity index (χ1v) is 10.2. The van der Waals surface area contributed by atoms with Crippen LogP contribution in [0.3, 0.4) is 0 Å². The van der Waals surface area contributed by atoms with Crippen molar-refractivity contribution < 1.29 is 8.42 Å². The predicted octanol–water partition coefficient (Wildman–Crippen LogP) is 3.10. The van der Waals surface area contributed by atoms with Crippen LogP contribution in [0.25, 0.3) is 0 Å². The van der Waals surface area contributed by atoms with Gasteiger partial charge in [-0.25, -0.2) is 13.1 Å². The predicted molar refractivity (Wildman–Crippen MR) is 87.2 cm³/mol. The topological polar surface area (TPSA) is 58.2 Å². The molecule has 1 saturated carbocycles. The lowest BCUT2D eigenvalue weighted by Gasteiger charge is -2.12. The summed E-state index contributed by atoms with van der Waals surface area (Å²) in [4.78, 5) is 1.42. The number of hydrogen-bond acceptors (Lipinski definition) is 5. The summed E-state index contributed by atoms with van der Waals surface area (Å²) >= 11 is 3.06. The van der Waals surface area contributed by atoms with E-state index in [0.29, 0.717) is 10.9 Å². The molecular formula is C14H18N2O2S3. The van der Waals surface area contributed by atoms with Gasteiger partial charge in [-0.1, -0.05) is 0 Å². The van der Waals surface area contributed by atoms with Crippen LogP contribution in [-0.4, -0.2) is 14.5 Å². The highest BCUT2D eigenvalue weighted by Crippen LogP contribution is 2.24. The first-order chi connectivity index (χ1) is 10.0. The average molecular weight is 343 g/mol. The van der Waals surface area contributed by atoms with Crippen LogP contribution < -0.4 is 10.0 Å². The molecule has 1 unspecified atom stereocenters. The van der Waals surface area contributed by atoms with Crippen LogP contribution in [0.2, 0.25) is 0 Å². The molecule has 0 saturated heterocycles. The molecular weight excluding hydrogens is 324 g/mol. The minimum absolute atomic E-state index is 0.214. The fourth-order valence-electron chi connectivity index (χ4n) is 2.02. The van der Waals surface area contributed by atoms with Gasteiger partial charge in [0.05, 0.1) is 4.90 Å². The van der Waals surface area contributed by atoms with E-state index >= 15 is 0 Å². The van der Waals surface area contributed by atoms with Crippen molar-refractivity contribution >= 4 is 32.7 Å². The molecule has 2 aromatic heterocycles. The quantitative estimate of drug-likeness (QED) is 0.813. The molecule has 1 aliphatic rings. The highest BCUT2D eigenvalue weighted by atomic mass is 32.2. The van der Waals surface area contributed by atoms with E-state index in [1.807, 2.05) is 23.8 Å². The van der Waals surface area contributed by atoms with E-state index in [1.54, 1.807) is 22.8 Å². The molecule has 0 radical (unpaired) electrons. The van der Waals surface area contributed by atoms with Gasteiger partial charge in [0.25, 0.3) is 0 Å². The van der Waals surface area contributed by atoms with E-state index in [9.17, 15) is 8.42 Å². The minimum atomic E-state index is -3.45. The van der Waals surface area contributed by atoms with Crippen molar-refractivity contribution in [2.45, 2.75) is 43.3 Å². The van der Waals surface area contributed by atoms with Crippen LogP contribution in [0.1, 0.15) is 36.2 Å². The monoisotopic (exact) mass is 342 g/mol. The van der Waals surface area contributed by atoms with Crippen molar-refractivity contribution in [1.29, 1.82) is 0 Å². The number of rotatable bonds is 7. The molecule has 4 nitrogen and oxygen atoms in total. The number of hydrogen-bond donors (Lipinski definition) is 2. The molecule has 2 heterocycles. The molecule has 0 amide bonds. The summed E-state index contributed by atoms with van der Waals surface area (Å²) in [7, 11) is -3.45. The SMILES string of the molecule is CC(NS(=O)(=O)c1csc(CNC2CC2)c1)c1ccsc1. The first kappa shape index (κ1) is 15.2. The van der Waals surface area contributed by atoms with Crippen LogP contribution in [0.4, 0.5) is 0 Å². The van der Waals surface area contributed by atoms with Crippen molar-refractivity contribution in [1.82, 2.24) is 10.0 Å². The third kappa shape index (κ3) is 3.92. The Balaban J connectivity index is 1.66. The van der Waals surface area contributed by atoms with Gasteiger partial charge >= 0.3 is 0 Å². The van der Waals surface area contributed by atoms with Gasteiger partial charge < -0.3 is 5.32 Å². The lowest BCUT2D eigenvalue weighted by Crippen LogP contribution is -2.26. The van der Waals surface area contributed by atoms with Crippen molar-refractivity contribution in [3.05, 3.63) is 38.7 Å². The molecule has 0 spiro atoms. The zero-order valence-electron chi connectivity index (χ0n) is 11.7. The zero-order chi connectivity index (χ0) is 14.9. The largest absolute Gasteiger partial charge is 0.309 e. The molecule has 114 valence electrons. The molecule has 0 bridgehead atoms. The van der Waals surface area contributed by atoms with Crippen molar-refractivity contribution in [3.63, 3.8) is 0 Å². The fraction of sp³-hybridized carbons (Fsp3) is 0.429. The standard InChI is InChI=1S/C14H18N2O2S3/c1-10(11-4-5-19-8-11)16-21(17,18)14-6-13(20-9-14)7-15-12-2-3-12/h4-6,8-10,12,15-16H,2-3,7H2,1H3. The average Bonchev–Trinajstić information content (AvgIpc) is 2.96. The maximum Gasteiger partial charge on any atom is 0.241 e. The van der Waals surface area contributed by atoms with E-state index in [4.69, 9.17) is 0 Å². The van der Waals surface area contributed by atoms with Gasteiger partial charge in [0.1, 0.15) is 0 Å². The van der Waals surface area contributed by atoms with Crippen LogP contribution >= 0.6 is 22.7 Å². The zero-order valence-corrected chi connectivity index (χ0v) is 14.2. The van der Waals surface area contributed by atoms with Crippen molar-refractivity contribution in [2.24, 2.45) is 0 Å². The smallest absolute Gasteiger partial charge is 0.241 e. The van der Waals surface area contributed by atoms with E-state index in [2.05, 4.69) is 10.0 Å². The molecule has 2 aromatic rings. The summed E-state index contributed by atoms with van der Waals surface area (Å²) in [5, 5.41) is 9.03. The second-order valence-corrected chi connectivity index (χ2v) is 8.79. The van der Waals surface area contributed by atoms with E-state index in [0.717, 1.165) is 17.0 Å². The molecule has 21 heavy (non-hydrogen) atoms. The van der Waals surface area contributed by atoms with Gasteiger partial charge in [-0.15, -0.1) is 11.3 Å². The Morgan fingerprint density at radius 1 is 1.38 bits per heavy atom. The van der Waals surface area contributed by atoms with E-state index in [1.165, 1.54) is 24.2 Å². The van der Waals surface area contributed by atoms with Crippen molar-refractivity contribution in [2.75, 3.05) is 0 Å². The first-order valence-electron chi connectivity index (χ1n) is 6.90. The maximum absolute atomic E-state index is 12.4. The molecule has 1 atom stereocenters. The fourth-order valence-corrected chi connectivity index (χ4v) is 5.23. The Morgan fingerprint density at radius 3 is 2.86 bits per heavy atom. The minimum Gasteiger partial charge on any atom is -0.309 e. The molecule has 0 aromatic carbocycles. The highest BCUT2D eigenvalue weighted by molar-refractivity contribution is 7.89. The van der Waals surface area contributed by atoms with Gasteiger partial charge in [-0.05, 0) is 48.2 Å². The molecule has 1 aliphatic carbocycles. The summed E-state index contributed by atoms with van der Waals surface area (Å²) in [5.41, 5.74) is 0.995. The highest BCUT2D eigenvalue weighted by Gasteiger charge is 2.22. The van der Waals surface area contributed by atoms with Gasteiger partial charge in [0, 0.05) is 28.9 Å². The molecule has 2 N–H and O–H groups in total. The van der Waals surface area contributed by atoms with E-state index < -0.39 is 10.0 Å². The third-order valence-corrected chi connectivity index (χ3v) is 6.76.